The zero-order valence-corrected chi connectivity index (χ0v) is 12.4. The lowest BCUT2D eigenvalue weighted by Crippen LogP contribution is -2.03. The van der Waals surface area contributed by atoms with Gasteiger partial charge in [0.25, 0.3) is 0 Å². The quantitative estimate of drug-likeness (QED) is 0.779. The van der Waals surface area contributed by atoms with Crippen LogP contribution in [0.5, 0.6) is 5.75 Å². The molecule has 2 rings (SSSR count). The Morgan fingerprint density at radius 1 is 1.25 bits per heavy atom. The molecule has 106 valence electrons. The highest BCUT2D eigenvalue weighted by molar-refractivity contribution is 6.42. The van der Waals surface area contributed by atoms with Crippen molar-refractivity contribution >= 4 is 29.2 Å². The Morgan fingerprint density at radius 2 is 2.00 bits per heavy atom. The third-order valence-corrected chi connectivity index (χ3v) is 3.44. The molecular formula is C14H12Cl2O4. The van der Waals surface area contributed by atoms with Gasteiger partial charge in [-0.2, -0.15) is 0 Å². The van der Waals surface area contributed by atoms with Gasteiger partial charge in [-0.3, -0.25) is 0 Å². The molecule has 0 aliphatic heterocycles. The summed E-state index contributed by atoms with van der Waals surface area (Å²) in [5, 5.41) is 0.742. The van der Waals surface area contributed by atoms with Crippen LogP contribution in [-0.4, -0.2) is 13.1 Å². The Hall–Kier alpha value is -1.65. The number of methoxy groups -OCH3 is 1. The number of benzene rings is 1. The summed E-state index contributed by atoms with van der Waals surface area (Å²) in [4.78, 5) is 11.3. The predicted octanol–water partition coefficient (Wildman–Crippen LogP) is 4.51. The molecule has 0 aliphatic carbocycles. The van der Waals surface area contributed by atoms with Gasteiger partial charge in [-0.1, -0.05) is 29.3 Å². The van der Waals surface area contributed by atoms with Gasteiger partial charge in [-0.25, -0.2) is 4.79 Å². The summed E-state index contributed by atoms with van der Waals surface area (Å²) >= 11 is 12.0. The predicted molar refractivity (Wildman–Crippen MR) is 75.6 cm³/mol. The average molecular weight is 315 g/mol. The highest BCUT2D eigenvalue weighted by Crippen LogP contribution is 2.34. The van der Waals surface area contributed by atoms with Crippen LogP contribution in [0.25, 0.3) is 0 Å². The molecule has 0 saturated carbocycles. The van der Waals surface area contributed by atoms with E-state index in [2.05, 4.69) is 4.74 Å². The zero-order chi connectivity index (χ0) is 14.7. The van der Waals surface area contributed by atoms with Gasteiger partial charge in [-0.15, -0.1) is 0 Å². The molecule has 6 heteroatoms. The number of ether oxygens (including phenoxy) is 2. The molecule has 1 unspecified atom stereocenters. The first-order valence-electron chi connectivity index (χ1n) is 5.81. The van der Waals surface area contributed by atoms with Crippen molar-refractivity contribution in [1.82, 2.24) is 0 Å². The molecule has 2 aromatic rings. The number of hydrogen-bond acceptors (Lipinski definition) is 4. The van der Waals surface area contributed by atoms with Crippen molar-refractivity contribution < 1.29 is 18.7 Å². The maximum absolute atomic E-state index is 11.3. The maximum Gasteiger partial charge on any atom is 0.373 e. The number of halogens is 2. The van der Waals surface area contributed by atoms with Crippen molar-refractivity contribution in [2.45, 2.75) is 13.0 Å². The molecule has 1 atom stereocenters. The SMILES string of the molecule is COC(=O)c1ccc(C(C)Oc2cccc(Cl)c2Cl)o1. The Balaban J connectivity index is 2.16. The first-order chi connectivity index (χ1) is 9.52. The fourth-order valence-electron chi connectivity index (χ4n) is 1.61. The van der Waals surface area contributed by atoms with Crippen molar-refractivity contribution in [1.29, 1.82) is 0 Å². The Bertz CT molecular complexity index is 621. The van der Waals surface area contributed by atoms with E-state index in [1.807, 2.05) is 0 Å². The Morgan fingerprint density at radius 3 is 2.70 bits per heavy atom. The smallest absolute Gasteiger partial charge is 0.373 e. The van der Waals surface area contributed by atoms with Gasteiger partial charge in [0.15, 0.2) is 6.10 Å². The summed E-state index contributed by atoms with van der Waals surface area (Å²) in [6, 6.07) is 8.28. The number of carbonyl (C=O) groups excluding carboxylic acids is 1. The number of rotatable bonds is 4. The normalized spacial score (nSPS) is 12.0. The summed E-state index contributed by atoms with van der Waals surface area (Å²) in [5.74, 6) is 0.517. The van der Waals surface area contributed by atoms with E-state index in [1.165, 1.54) is 13.2 Å². The molecular weight excluding hydrogens is 303 g/mol. The lowest BCUT2D eigenvalue weighted by atomic mass is 10.3. The van der Waals surface area contributed by atoms with Crippen molar-refractivity contribution in [2.75, 3.05) is 7.11 Å². The second-order valence-corrected chi connectivity index (χ2v) is 4.79. The highest BCUT2D eigenvalue weighted by Gasteiger charge is 2.17. The third kappa shape index (κ3) is 3.08. The van der Waals surface area contributed by atoms with Gasteiger partial charge in [-0.05, 0) is 31.2 Å². The van der Waals surface area contributed by atoms with E-state index in [-0.39, 0.29) is 5.76 Å². The molecule has 1 aromatic carbocycles. The number of hydrogen-bond donors (Lipinski definition) is 0. The summed E-state index contributed by atoms with van der Waals surface area (Å²) in [6.45, 7) is 1.77. The molecule has 0 amide bonds. The van der Waals surface area contributed by atoms with Crippen LogP contribution in [0.4, 0.5) is 0 Å². The van der Waals surface area contributed by atoms with Crippen LogP contribution < -0.4 is 4.74 Å². The second kappa shape index (κ2) is 6.20. The van der Waals surface area contributed by atoms with Crippen molar-refractivity contribution in [3.8, 4) is 5.75 Å². The minimum atomic E-state index is -0.538. The minimum absolute atomic E-state index is 0.121. The molecule has 4 nitrogen and oxygen atoms in total. The van der Waals surface area contributed by atoms with Crippen LogP contribution in [0, 0.1) is 0 Å². The molecule has 1 aromatic heterocycles. The molecule has 0 fully saturated rings. The monoisotopic (exact) mass is 314 g/mol. The maximum atomic E-state index is 11.3. The van der Waals surface area contributed by atoms with Crippen LogP contribution in [0.2, 0.25) is 10.0 Å². The van der Waals surface area contributed by atoms with Gasteiger partial charge in [0.2, 0.25) is 5.76 Å². The van der Waals surface area contributed by atoms with Gasteiger partial charge in [0, 0.05) is 0 Å². The fourth-order valence-corrected chi connectivity index (χ4v) is 1.94. The Labute approximate surface area is 126 Å². The molecule has 0 radical (unpaired) electrons. The van der Waals surface area contributed by atoms with Crippen molar-refractivity contribution in [3.05, 3.63) is 51.9 Å². The topological polar surface area (TPSA) is 48.7 Å². The Kier molecular flexibility index (Phi) is 4.57. The number of esters is 1. The molecule has 0 aliphatic rings. The van der Waals surface area contributed by atoms with E-state index < -0.39 is 12.1 Å². The summed E-state index contributed by atoms with van der Waals surface area (Å²) in [5.41, 5.74) is 0. The van der Waals surface area contributed by atoms with Gasteiger partial charge >= 0.3 is 5.97 Å². The van der Waals surface area contributed by atoms with Crippen LogP contribution in [0.3, 0.4) is 0 Å². The number of furan rings is 1. The van der Waals surface area contributed by atoms with Crippen molar-refractivity contribution in [2.24, 2.45) is 0 Å². The summed E-state index contributed by atoms with van der Waals surface area (Å²) in [7, 11) is 1.29. The van der Waals surface area contributed by atoms with Crippen molar-refractivity contribution in [3.63, 3.8) is 0 Å². The standard InChI is InChI=1S/C14H12Cl2O4/c1-8(10-6-7-12(20-10)14(17)18-2)19-11-5-3-4-9(15)13(11)16/h3-8H,1-2H3. The molecule has 1 heterocycles. The molecule has 0 spiro atoms. The average Bonchev–Trinajstić information content (AvgIpc) is 2.93. The van der Waals surface area contributed by atoms with E-state index in [0.29, 0.717) is 21.6 Å². The molecule has 0 N–H and O–H groups in total. The van der Waals surface area contributed by atoms with Crippen LogP contribution in [0.15, 0.2) is 34.7 Å². The fraction of sp³-hybridized carbons (Fsp3) is 0.214. The zero-order valence-electron chi connectivity index (χ0n) is 10.9. The summed E-state index contributed by atoms with van der Waals surface area (Å²) < 4.78 is 15.6. The second-order valence-electron chi connectivity index (χ2n) is 4.01. The van der Waals surface area contributed by atoms with E-state index in [1.54, 1.807) is 31.2 Å². The molecule has 20 heavy (non-hydrogen) atoms. The first-order valence-corrected chi connectivity index (χ1v) is 6.57. The summed E-state index contributed by atoms with van der Waals surface area (Å²) in [6.07, 6.45) is -0.427. The molecule has 0 saturated heterocycles. The molecule has 0 bridgehead atoms. The largest absolute Gasteiger partial charge is 0.481 e. The van der Waals surface area contributed by atoms with Gasteiger partial charge in [0.1, 0.15) is 16.5 Å². The van der Waals surface area contributed by atoms with E-state index in [0.717, 1.165) is 0 Å². The van der Waals surface area contributed by atoms with E-state index in [4.69, 9.17) is 32.4 Å². The lowest BCUT2D eigenvalue weighted by Gasteiger charge is -2.14. The minimum Gasteiger partial charge on any atom is -0.481 e. The van der Waals surface area contributed by atoms with E-state index >= 15 is 0 Å². The van der Waals surface area contributed by atoms with E-state index in [9.17, 15) is 4.79 Å². The van der Waals surface area contributed by atoms with Gasteiger partial charge in [0.05, 0.1) is 12.1 Å². The highest BCUT2D eigenvalue weighted by atomic mass is 35.5. The number of carbonyl (C=O) groups is 1. The van der Waals surface area contributed by atoms with Crippen LogP contribution in [-0.2, 0) is 4.74 Å². The van der Waals surface area contributed by atoms with Crippen LogP contribution >= 0.6 is 23.2 Å². The first kappa shape index (κ1) is 14.8. The lowest BCUT2D eigenvalue weighted by molar-refractivity contribution is 0.0558. The van der Waals surface area contributed by atoms with Crippen LogP contribution in [0.1, 0.15) is 29.3 Å². The van der Waals surface area contributed by atoms with Gasteiger partial charge < -0.3 is 13.9 Å². The third-order valence-electron chi connectivity index (χ3n) is 2.63.